The number of methoxy groups -OCH3 is 1. The Labute approximate surface area is 159 Å². The second-order valence-corrected chi connectivity index (χ2v) is 9.44. The van der Waals surface area contributed by atoms with E-state index in [1.54, 1.807) is 12.1 Å². The number of carbonyl (C=O) groups excluding carboxylic acids is 1. The second-order valence-electron chi connectivity index (χ2n) is 7.86. The van der Waals surface area contributed by atoms with E-state index in [4.69, 9.17) is 8.92 Å². The van der Waals surface area contributed by atoms with Crippen LogP contribution < -0.4 is 8.92 Å². The Morgan fingerprint density at radius 2 is 2.07 bits per heavy atom. The molecule has 2 aliphatic rings. The van der Waals surface area contributed by atoms with Gasteiger partial charge in [-0.3, -0.25) is 0 Å². The van der Waals surface area contributed by atoms with Crippen molar-refractivity contribution in [2.24, 2.45) is 11.3 Å². The van der Waals surface area contributed by atoms with Crippen molar-refractivity contribution < 1.29 is 32.3 Å². The Hall–Kier alpha value is -1.64. The highest BCUT2D eigenvalue weighted by atomic mass is 32.2. The van der Waals surface area contributed by atoms with Crippen LogP contribution in [0.3, 0.4) is 0 Å². The van der Waals surface area contributed by atoms with Crippen LogP contribution in [-0.4, -0.2) is 51.0 Å². The molecule has 150 valence electrons. The van der Waals surface area contributed by atoms with Gasteiger partial charge in [0, 0.05) is 22.8 Å². The first-order valence-corrected chi connectivity index (χ1v) is 10.8. The molecule has 0 aliphatic heterocycles. The quantitative estimate of drug-likeness (QED) is 0.572. The lowest BCUT2D eigenvalue weighted by atomic mass is 9.54. The molecule has 0 heterocycles. The average molecular weight is 398 g/mol. The zero-order chi connectivity index (χ0) is 20.0. The average Bonchev–Trinajstić information content (AvgIpc) is 2.62. The maximum atomic E-state index is 11.8. The Bertz CT molecular complexity index is 835. The molecule has 2 aliphatic carbocycles. The van der Waals surface area contributed by atoms with Gasteiger partial charge in [0.1, 0.15) is 6.29 Å². The van der Waals surface area contributed by atoms with Crippen LogP contribution >= 0.6 is 0 Å². The molecule has 3 rings (SSSR count). The third kappa shape index (κ3) is 3.46. The molecule has 1 aromatic rings. The highest BCUT2D eigenvalue weighted by Gasteiger charge is 2.51. The Morgan fingerprint density at radius 3 is 2.63 bits per heavy atom. The zero-order valence-corrected chi connectivity index (χ0v) is 16.5. The predicted octanol–water partition coefficient (Wildman–Crippen LogP) is 1.57. The van der Waals surface area contributed by atoms with E-state index < -0.39 is 27.6 Å². The van der Waals surface area contributed by atoms with Gasteiger partial charge < -0.3 is 23.9 Å². The number of fused-ring (bicyclic) bond motifs is 3. The molecule has 0 aromatic heterocycles. The van der Waals surface area contributed by atoms with Gasteiger partial charge in [-0.05, 0) is 36.8 Å². The van der Waals surface area contributed by atoms with E-state index in [2.05, 4.69) is 0 Å². The first-order chi connectivity index (χ1) is 12.6. The maximum absolute atomic E-state index is 11.8. The molecular formula is C19H26O7S. The Balaban J connectivity index is 2.24. The summed E-state index contributed by atoms with van der Waals surface area (Å²) in [6.45, 7) is 1.66. The van der Waals surface area contributed by atoms with Crippen molar-refractivity contribution in [2.45, 2.75) is 44.1 Å². The van der Waals surface area contributed by atoms with Crippen LogP contribution in [0, 0.1) is 11.3 Å². The van der Waals surface area contributed by atoms with E-state index in [0.717, 1.165) is 12.5 Å². The molecule has 1 aromatic carbocycles. The van der Waals surface area contributed by atoms with Crippen LogP contribution in [0.25, 0.3) is 0 Å². The number of aldehydes is 1. The topological polar surface area (TPSA) is 110 Å². The van der Waals surface area contributed by atoms with Crippen molar-refractivity contribution in [3.8, 4) is 11.5 Å². The van der Waals surface area contributed by atoms with Gasteiger partial charge in [0.25, 0.3) is 0 Å². The summed E-state index contributed by atoms with van der Waals surface area (Å²) in [6, 6.07) is 3.39. The number of benzene rings is 1. The Kier molecular flexibility index (Phi) is 5.26. The molecule has 5 atom stereocenters. The molecule has 27 heavy (non-hydrogen) atoms. The van der Waals surface area contributed by atoms with E-state index in [0.29, 0.717) is 30.4 Å². The molecule has 8 heteroatoms. The molecule has 0 unspecified atom stereocenters. The summed E-state index contributed by atoms with van der Waals surface area (Å²) < 4.78 is 34.1. The number of aliphatic hydroxyl groups excluding tert-OH is 2. The van der Waals surface area contributed by atoms with Gasteiger partial charge in [-0.25, -0.2) is 0 Å². The number of ether oxygens (including phenoxy) is 1. The number of rotatable bonds is 5. The normalized spacial score (nSPS) is 32.9. The van der Waals surface area contributed by atoms with Crippen molar-refractivity contribution in [1.82, 2.24) is 0 Å². The fourth-order valence-corrected chi connectivity index (χ4v) is 5.26. The SMILES string of the molecule is COc1ccc2c(c1OS(C)(=O)=O)[C@H](CO)C[C@H]1[C@@H]2[C@H](O)CC[C@@]1(C)C=O. The minimum Gasteiger partial charge on any atom is -0.493 e. The summed E-state index contributed by atoms with van der Waals surface area (Å²) in [5, 5.41) is 20.7. The van der Waals surface area contributed by atoms with Gasteiger partial charge in [-0.2, -0.15) is 8.42 Å². The van der Waals surface area contributed by atoms with Crippen molar-refractivity contribution in [1.29, 1.82) is 0 Å². The zero-order valence-electron chi connectivity index (χ0n) is 15.7. The fourth-order valence-electron chi connectivity index (χ4n) is 4.78. The van der Waals surface area contributed by atoms with E-state index >= 15 is 0 Å². The lowest BCUT2D eigenvalue weighted by Crippen LogP contribution is -2.47. The molecular weight excluding hydrogens is 372 g/mol. The summed E-state index contributed by atoms with van der Waals surface area (Å²) in [7, 11) is -2.41. The minimum absolute atomic E-state index is 0.0561. The van der Waals surface area contributed by atoms with Crippen LogP contribution in [0.15, 0.2) is 12.1 Å². The molecule has 0 radical (unpaired) electrons. The summed E-state index contributed by atoms with van der Waals surface area (Å²) in [6.07, 6.45) is 2.76. The molecule has 1 fully saturated rings. The lowest BCUT2D eigenvalue weighted by molar-refractivity contribution is -0.124. The molecule has 0 saturated heterocycles. The van der Waals surface area contributed by atoms with Crippen molar-refractivity contribution >= 4 is 16.4 Å². The van der Waals surface area contributed by atoms with Gasteiger partial charge in [-0.1, -0.05) is 13.0 Å². The van der Waals surface area contributed by atoms with Crippen LogP contribution in [-0.2, 0) is 14.9 Å². The third-order valence-electron chi connectivity index (χ3n) is 6.12. The van der Waals surface area contributed by atoms with Crippen molar-refractivity contribution in [3.05, 3.63) is 23.3 Å². The standard InChI is InChI=1S/C19H26O7S/c1-19(10-21)7-6-14(22)17-12-4-5-15(25-2)18(26-27(3,23)24)16(12)11(9-20)8-13(17)19/h4-5,10-11,13-14,17,20,22H,6-9H2,1-3H3/t11-,13-,14+,17+,19-/m0/s1. The van der Waals surface area contributed by atoms with Crippen molar-refractivity contribution in [2.75, 3.05) is 20.0 Å². The van der Waals surface area contributed by atoms with E-state index in [9.17, 15) is 23.4 Å². The molecule has 7 nitrogen and oxygen atoms in total. The number of hydrogen-bond acceptors (Lipinski definition) is 7. The van der Waals surface area contributed by atoms with E-state index in [1.807, 2.05) is 6.92 Å². The fraction of sp³-hybridized carbons (Fsp3) is 0.632. The minimum atomic E-state index is -3.83. The van der Waals surface area contributed by atoms with Crippen molar-refractivity contribution in [3.63, 3.8) is 0 Å². The summed E-state index contributed by atoms with van der Waals surface area (Å²) >= 11 is 0. The van der Waals surface area contributed by atoms with Crippen LogP contribution in [0.5, 0.6) is 11.5 Å². The number of hydrogen-bond donors (Lipinski definition) is 2. The summed E-state index contributed by atoms with van der Waals surface area (Å²) in [5.74, 6) is -0.597. The van der Waals surface area contributed by atoms with Crippen LogP contribution in [0.1, 0.15) is 49.1 Å². The maximum Gasteiger partial charge on any atom is 0.306 e. The highest BCUT2D eigenvalue weighted by molar-refractivity contribution is 7.86. The highest BCUT2D eigenvalue weighted by Crippen LogP contribution is 2.58. The number of aliphatic hydroxyl groups is 2. The Morgan fingerprint density at radius 1 is 1.37 bits per heavy atom. The molecule has 0 amide bonds. The third-order valence-corrected chi connectivity index (χ3v) is 6.59. The van der Waals surface area contributed by atoms with E-state index in [1.165, 1.54) is 7.11 Å². The van der Waals surface area contributed by atoms with Crippen LogP contribution in [0.2, 0.25) is 0 Å². The number of carbonyl (C=O) groups is 1. The summed E-state index contributed by atoms with van der Waals surface area (Å²) in [4.78, 5) is 11.8. The lowest BCUT2D eigenvalue weighted by Gasteiger charge is -2.50. The molecule has 0 bridgehead atoms. The molecule has 0 spiro atoms. The van der Waals surface area contributed by atoms with Gasteiger partial charge in [-0.15, -0.1) is 0 Å². The van der Waals surface area contributed by atoms with Gasteiger partial charge in [0.05, 0.1) is 26.1 Å². The second kappa shape index (κ2) is 7.07. The predicted molar refractivity (Wildman–Crippen MR) is 98.6 cm³/mol. The smallest absolute Gasteiger partial charge is 0.306 e. The molecule has 1 saturated carbocycles. The van der Waals surface area contributed by atoms with Gasteiger partial charge in [0.2, 0.25) is 0 Å². The monoisotopic (exact) mass is 398 g/mol. The molecule has 2 N–H and O–H groups in total. The van der Waals surface area contributed by atoms with E-state index in [-0.39, 0.29) is 29.9 Å². The first-order valence-electron chi connectivity index (χ1n) is 9.00. The van der Waals surface area contributed by atoms with Gasteiger partial charge >= 0.3 is 10.1 Å². The first kappa shape index (κ1) is 20.1. The van der Waals surface area contributed by atoms with Crippen LogP contribution in [0.4, 0.5) is 0 Å². The van der Waals surface area contributed by atoms with Gasteiger partial charge in [0.15, 0.2) is 11.5 Å². The largest absolute Gasteiger partial charge is 0.493 e. The summed E-state index contributed by atoms with van der Waals surface area (Å²) in [5.41, 5.74) is 0.648.